The Balaban J connectivity index is 2.59. The summed E-state index contributed by atoms with van der Waals surface area (Å²) in [6, 6.07) is -0.863. The number of unbranched alkanes of at least 4 members (excludes halogenated alkanes) is 1. The molecular weight excluding hydrogens is 244 g/mol. The van der Waals surface area contributed by atoms with E-state index >= 15 is 0 Å². The van der Waals surface area contributed by atoms with Crippen LogP contribution in [0.15, 0.2) is 0 Å². The maximum Gasteiger partial charge on any atom is 0.312 e. The van der Waals surface area contributed by atoms with Crippen LogP contribution in [0.3, 0.4) is 0 Å². The van der Waals surface area contributed by atoms with Crippen LogP contribution >= 0.6 is 0 Å². The Hall–Kier alpha value is -1.30. The molecule has 0 spiro atoms. The number of amides is 3. The molecule has 3 amide bonds. The second kappa shape index (κ2) is 7.99. The van der Waals surface area contributed by atoms with Gasteiger partial charge in [0.15, 0.2) is 0 Å². The molecular formula is C13H26N4O2. The highest BCUT2D eigenvalue weighted by Gasteiger charge is 2.28. The molecule has 1 fully saturated rings. The van der Waals surface area contributed by atoms with E-state index < -0.39 is 12.1 Å². The van der Waals surface area contributed by atoms with Gasteiger partial charge in [0.2, 0.25) is 5.91 Å². The largest absolute Gasteiger partial charge is 0.352 e. The second-order valence-electron chi connectivity index (χ2n) is 5.13. The van der Waals surface area contributed by atoms with Gasteiger partial charge in [-0.15, -0.1) is 0 Å². The highest BCUT2D eigenvalue weighted by molar-refractivity contribution is 5.86. The SMILES string of the molecule is CCCCC(NC(N)=O)C(=O)N(C)C1CCNCC1. The third kappa shape index (κ3) is 5.06. The van der Waals surface area contributed by atoms with E-state index in [9.17, 15) is 9.59 Å². The molecule has 19 heavy (non-hydrogen) atoms. The van der Waals surface area contributed by atoms with Crippen LogP contribution in [0, 0.1) is 0 Å². The summed E-state index contributed by atoms with van der Waals surface area (Å²) in [4.78, 5) is 25.2. The second-order valence-corrected chi connectivity index (χ2v) is 5.13. The summed E-state index contributed by atoms with van der Waals surface area (Å²) in [6.45, 7) is 3.93. The molecule has 6 nitrogen and oxygen atoms in total. The van der Waals surface area contributed by atoms with Crippen molar-refractivity contribution >= 4 is 11.9 Å². The molecule has 1 unspecified atom stereocenters. The molecule has 110 valence electrons. The van der Waals surface area contributed by atoms with Crippen molar-refractivity contribution in [3.8, 4) is 0 Å². The summed E-state index contributed by atoms with van der Waals surface area (Å²) in [5.41, 5.74) is 5.15. The Morgan fingerprint density at radius 3 is 2.58 bits per heavy atom. The van der Waals surface area contributed by atoms with E-state index in [0.717, 1.165) is 38.8 Å². The minimum Gasteiger partial charge on any atom is -0.352 e. The first-order valence-corrected chi connectivity index (χ1v) is 7.09. The lowest BCUT2D eigenvalue weighted by Crippen LogP contribution is -2.53. The van der Waals surface area contributed by atoms with Gasteiger partial charge in [-0.25, -0.2) is 4.79 Å². The standard InChI is InChI=1S/C13H26N4O2/c1-3-4-5-11(16-13(14)19)12(18)17(2)10-6-8-15-9-7-10/h10-11,15H,3-9H2,1-2H3,(H3,14,16,19). The van der Waals surface area contributed by atoms with Gasteiger partial charge >= 0.3 is 6.03 Å². The number of nitrogens with zero attached hydrogens (tertiary/aromatic N) is 1. The van der Waals surface area contributed by atoms with Crippen LogP contribution in [-0.2, 0) is 4.79 Å². The van der Waals surface area contributed by atoms with E-state index in [4.69, 9.17) is 5.73 Å². The summed E-state index contributed by atoms with van der Waals surface area (Å²) < 4.78 is 0. The molecule has 1 rings (SSSR count). The summed E-state index contributed by atoms with van der Waals surface area (Å²) in [6.07, 6.45) is 4.45. The Kier molecular flexibility index (Phi) is 6.62. The fourth-order valence-electron chi connectivity index (χ4n) is 2.46. The summed E-state index contributed by atoms with van der Waals surface area (Å²) >= 11 is 0. The first kappa shape index (κ1) is 15.8. The highest BCUT2D eigenvalue weighted by Crippen LogP contribution is 2.13. The number of primary amides is 1. The number of urea groups is 1. The summed E-state index contributed by atoms with van der Waals surface area (Å²) in [5, 5.41) is 5.84. The first-order valence-electron chi connectivity index (χ1n) is 7.09. The van der Waals surface area contributed by atoms with E-state index in [2.05, 4.69) is 17.6 Å². The molecule has 1 atom stereocenters. The number of hydrogen-bond donors (Lipinski definition) is 3. The van der Waals surface area contributed by atoms with Crippen molar-refractivity contribution in [2.24, 2.45) is 5.73 Å². The zero-order valence-corrected chi connectivity index (χ0v) is 11.9. The van der Waals surface area contributed by atoms with Crippen molar-refractivity contribution in [2.75, 3.05) is 20.1 Å². The maximum absolute atomic E-state index is 12.4. The van der Waals surface area contributed by atoms with Crippen LogP contribution in [0.25, 0.3) is 0 Å². The van der Waals surface area contributed by atoms with Crippen molar-refractivity contribution in [1.29, 1.82) is 0 Å². The lowest BCUT2D eigenvalue weighted by molar-refractivity contribution is -0.134. The van der Waals surface area contributed by atoms with Gasteiger partial charge in [-0.1, -0.05) is 19.8 Å². The average Bonchev–Trinajstić information content (AvgIpc) is 2.42. The highest BCUT2D eigenvalue weighted by atomic mass is 16.2. The lowest BCUT2D eigenvalue weighted by Gasteiger charge is -2.34. The normalized spacial score (nSPS) is 17.8. The van der Waals surface area contributed by atoms with Crippen molar-refractivity contribution in [3.63, 3.8) is 0 Å². The average molecular weight is 270 g/mol. The molecule has 4 N–H and O–H groups in total. The lowest BCUT2D eigenvalue weighted by atomic mass is 10.0. The number of likely N-dealkylation sites (N-methyl/N-ethyl adjacent to an activating group) is 1. The van der Waals surface area contributed by atoms with Crippen LogP contribution in [0.5, 0.6) is 0 Å². The molecule has 1 heterocycles. The molecule has 0 aliphatic carbocycles. The molecule has 1 saturated heterocycles. The van der Waals surface area contributed by atoms with Gasteiger partial charge in [-0.05, 0) is 32.4 Å². The van der Waals surface area contributed by atoms with Gasteiger partial charge in [0.25, 0.3) is 0 Å². The van der Waals surface area contributed by atoms with Crippen LogP contribution in [0.4, 0.5) is 4.79 Å². The number of carbonyl (C=O) groups excluding carboxylic acids is 2. The fraction of sp³-hybridized carbons (Fsp3) is 0.846. The van der Waals surface area contributed by atoms with E-state index in [1.54, 1.807) is 4.90 Å². The monoisotopic (exact) mass is 270 g/mol. The molecule has 1 aliphatic heterocycles. The third-order valence-electron chi connectivity index (χ3n) is 3.66. The van der Waals surface area contributed by atoms with Crippen molar-refractivity contribution in [2.45, 2.75) is 51.1 Å². The molecule has 0 radical (unpaired) electrons. The van der Waals surface area contributed by atoms with Gasteiger partial charge in [0.05, 0.1) is 0 Å². The molecule has 0 aromatic rings. The van der Waals surface area contributed by atoms with E-state index in [-0.39, 0.29) is 11.9 Å². The third-order valence-corrected chi connectivity index (χ3v) is 3.66. The predicted molar refractivity (Wildman–Crippen MR) is 74.7 cm³/mol. The smallest absolute Gasteiger partial charge is 0.312 e. The topological polar surface area (TPSA) is 87.5 Å². The Bertz CT molecular complexity index is 303. The summed E-state index contributed by atoms with van der Waals surface area (Å²) in [7, 11) is 1.82. The van der Waals surface area contributed by atoms with Gasteiger partial charge in [0.1, 0.15) is 6.04 Å². The van der Waals surface area contributed by atoms with Crippen LogP contribution in [0.2, 0.25) is 0 Å². The quantitative estimate of drug-likeness (QED) is 0.654. The predicted octanol–water partition coefficient (Wildman–Crippen LogP) is 0.424. The van der Waals surface area contributed by atoms with Gasteiger partial charge in [-0.3, -0.25) is 4.79 Å². The number of rotatable bonds is 6. The summed E-state index contributed by atoms with van der Waals surface area (Å²) in [5.74, 6) is -0.0286. The molecule has 0 bridgehead atoms. The van der Waals surface area contributed by atoms with E-state index in [1.807, 2.05) is 7.05 Å². The van der Waals surface area contributed by atoms with Gasteiger partial charge in [-0.2, -0.15) is 0 Å². The number of carbonyl (C=O) groups is 2. The zero-order valence-electron chi connectivity index (χ0n) is 11.9. The van der Waals surface area contributed by atoms with Crippen molar-refractivity contribution in [3.05, 3.63) is 0 Å². The van der Waals surface area contributed by atoms with Crippen LogP contribution in [-0.4, -0.2) is 49.1 Å². The molecule has 0 aromatic heterocycles. The number of piperidine rings is 1. The number of nitrogens with two attached hydrogens (primary N) is 1. The fourth-order valence-corrected chi connectivity index (χ4v) is 2.46. The van der Waals surface area contributed by atoms with Gasteiger partial charge in [0, 0.05) is 13.1 Å². The molecule has 1 aliphatic rings. The molecule has 0 saturated carbocycles. The maximum atomic E-state index is 12.4. The van der Waals surface area contributed by atoms with E-state index in [1.165, 1.54) is 0 Å². The zero-order chi connectivity index (χ0) is 14.3. The first-order chi connectivity index (χ1) is 9.06. The Morgan fingerprint density at radius 1 is 1.42 bits per heavy atom. The van der Waals surface area contributed by atoms with Gasteiger partial charge < -0.3 is 21.3 Å². The Labute approximate surface area is 115 Å². The molecule has 6 heteroatoms. The minimum atomic E-state index is -0.631. The van der Waals surface area contributed by atoms with E-state index in [0.29, 0.717) is 6.42 Å². The number of nitrogens with one attached hydrogen (secondary N) is 2. The van der Waals surface area contributed by atoms with Crippen LogP contribution in [0.1, 0.15) is 39.0 Å². The minimum absolute atomic E-state index is 0.0286. The molecule has 0 aromatic carbocycles. The van der Waals surface area contributed by atoms with Crippen molar-refractivity contribution < 1.29 is 9.59 Å². The number of hydrogen-bond acceptors (Lipinski definition) is 3. The van der Waals surface area contributed by atoms with Crippen molar-refractivity contribution in [1.82, 2.24) is 15.5 Å². The Morgan fingerprint density at radius 2 is 2.05 bits per heavy atom. The van der Waals surface area contributed by atoms with Crippen LogP contribution < -0.4 is 16.4 Å².